The Hall–Kier alpha value is -2.73. The van der Waals surface area contributed by atoms with Gasteiger partial charge in [-0.3, -0.25) is 4.79 Å². The first-order chi connectivity index (χ1) is 15.1. The van der Waals surface area contributed by atoms with E-state index in [1.807, 2.05) is 35.2 Å². The van der Waals surface area contributed by atoms with Crippen molar-refractivity contribution < 1.29 is 14.3 Å². The monoisotopic (exact) mass is 425 g/mol. The molecule has 0 fully saturated rings. The van der Waals surface area contributed by atoms with Crippen molar-refractivity contribution in [2.24, 2.45) is 0 Å². The normalized spacial score (nSPS) is 13.7. The van der Waals surface area contributed by atoms with Crippen molar-refractivity contribution in [1.29, 1.82) is 0 Å². The maximum absolute atomic E-state index is 12.8. The Morgan fingerprint density at radius 2 is 1.68 bits per heavy atom. The van der Waals surface area contributed by atoms with Crippen LogP contribution in [0.15, 0.2) is 42.5 Å². The number of anilines is 1. The zero-order valence-electron chi connectivity index (χ0n) is 19.0. The van der Waals surface area contributed by atoms with Crippen molar-refractivity contribution >= 4 is 11.6 Å². The van der Waals surface area contributed by atoms with Gasteiger partial charge in [-0.25, -0.2) is 0 Å². The summed E-state index contributed by atoms with van der Waals surface area (Å²) in [5.74, 6) is 1.61. The summed E-state index contributed by atoms with van der Waals surface area (Å²) in [6, 6.07) is 14.3. The number of nitrogens with zero attached hydrogens (tertiary/aromatic N) is 2. The number of ether oxygens (including phenoxy) is 2. The zero-order chi connectivity index (χ0) is 22.1. The van der Waals surface area contributed by atoms with Crippen LogP contribution in [0.2, 0.25) is 0 Å². The number of carbonyl (C=O) groups excluding carboxylic acids is 1. The molecular formula is C25H35N3O3. The molecule has 0 aliphatic carbocycles. The molecule has 0 atom stereocenters. The first kappa shape index (κ1) is 22.9. The number of amides is 1. The van der Waals surface area contributed by atoms with Crippen LogP contribution in [0.5, 0.6) is 11.5 Å². The van der Waals surface area contributed by atoms with Gasteiger partial charge in [-0.15, -0.1) is 0 Å². The van der Waals surface area contributed by atoms with Gasteiger partial charge >= 0.3 is 0 Å². The first-order valence-electron chi connectivity index (χ1n) is 11.1. The molecule has 3 rings (SSSR count). The highest BCUT2D eigenvalue weighted by atomic mass is 16.5. The van der Waals surface area contributed by atoms with E-state index in [0.717, 1.165) is 63.3 Å². The number of hydrogen-bond acceptors (Lipinski definition) is 5. The molecule has 0 saturated carbocycles. The summed E-state index contributed by atoms with van der Waals surface area (Å²) < 4.78 is 10.8. The Kier molecular flexibility index (Phi) is 8.59. The predicted octanol–water partition coefficient (Wildman–Crippen LogP) is 3.46. The number of nitrogens with one attached hydrogen (secondary N) is 1. The SMILES string of the molecule is COc1cc2c(cc1OC)CC(=O)N(CCCN(C)CCCNc1ccccc1)CC2. The van der Waals surface area contributed by atoms with E-state index in [1.54, 1.807) is 14.2 Å². The summed E-state index contributed by atoms with van der Waals surface area (Å²) in [5.41, 5.74) is 3.39. The van der Waals surface area contributed by atoms with Crippen molar-refractivity contribution in [3.8, 4) is 11.5 Å². The Labute approximate surface area is 186 Å². The van der Waals surface area contributed by atoms with Gasteiger partial charge in [-0.1, -0.05) is 18.2 Å². The molecule has 0 saturated heterocycles. The van der Waals surface area contributed by atoms with Gasteiger partial charge in [-0.2, -0.15) is 0 Å². The molecular weight excluding hydrogens is 390 g/mol. The third kappa shape index (κ3) is 6.62. The fourth-order valence-corrected chi connectivity index (χ4v) is 4.03. The van der Waals surface area contributed by atoms with Crippen LogP contribution in [-0.2, 0) is 17.6 Å². The minimum absolute atomic E-state index is 0.195. The second kappa shape index (κ2) is 11.6. The van der Waals surface area contributed by atoms with Crippen molar-refractivity contribution in [3.63, 3.8) is 0 Å². The summed E-state index contributed by atoms with van der Waals surface area (Å²) in [4.78, 5) is 17.1. The smallest absolute Gasteiger partial charge is 0.227 e. The average molecular weight is 426 g/mol. The van der Waals surface area contributed by atoms with Gasteiger partial charge < -0.3 is 24.6 Å². The van der Waals surface area contributed by atoms with Gasteiger partial charge in [-0.05, 0) is 74.8 Å². The lowest BCUT2D eigenvalue weighted by atomic mass is 10.0. The maximum Gasteiger partial charge on any atom is 0.227 e. The van der Waals surface area contributed by atoms with Gasteiger partial charge in [0.15, 0.2) is 11.5 Å². The van der Waals surface area contributed by atoms with Crippen molar-refractivity contribution in [3.05, 3.63) is 53.6 Å². The van der Waals surface area contributed by atoms with Crippen molar-refractivity contribution in [2.45, 2.75) is 25.7 Å². The third-order valence-electron chi connectivity index (χ3n) is 5.84. The third-order valence-corrected chi connectivity index (χ3v) is 5.84. The van der Waals surface area contributed by atoms with Crippen LogP contribution in [0.3, 0.4) is 0 Å². The van der Waals surface area contributed by atoms with E-state index in [2.05, 4.69) is 29.4 Å². The standard InChI is InChI=1S/C25H35N3O3/c1-27(13-7-12-26-22-9-5-4-6-10-22)14-8-15-28-16-11-20-17-23(30-2)24(31-3)18-21(20)19-25(28)29/h4-6,9-10,17-18,26H,7-8,11-16,19H2,1-3H3. The lowest BCUT2D eigenvalue weighted by molar-refractivity contribution is -0.130. The molecule has 168 valence electrons. The molecule has 2 aromatic carbocycles. The van der Waals surface area contributed by atoms with Crippen LogP contribution in [0.1, 0.15) is 24.0 Å². The van der Waals surface area contributed by atoms with Crippen LogP contribution >= 0.6 is 0 Å². The summed E-state index contributed by atoms with van der Waals surface area (Å²) in [6.45, 7) is 4.55. The number of methoxy groups -OCH3 is 2. The van der Waals surface area contributed by atoms with Gasteiger partial charge in [0.1, 0.15) is 0 Å². The number of carbonyl (C=O) groups is 1. The van der Waals surface area contributed by atoms with Gasteiger partial charge in [0, 0.05) is 25.3 Å². The average Bonchev–Trinajstić information content (AvgIpc) is 2.94. The molecule has 1 heterocycles. The summed E-state index contributed by atoms with van der Waals surface area (Å²) >= 11 is 0. The minimum Gasteiger partial charge on any atom is -0.493 e. The fourth-order valence-electron chi connectivity index (χ4n) is 4.03. The number of para-hydroxylation sites is 1. The summed E-state index contributed by atoms with van der Waals surface area (Å²) in [5, 5.41) is 3.45. The van der Waals surface area contributed by atoms with Crippen LogP contribution in [0, 0.1) is 0 Å². The van der Waals surface area contributed by atoms with E-state index in [9.17, 15) is 4.79 Å². The van der Waals surface area contributed by atoms with Gasteiger partial charge in [0.05, 0.1) is 20.6 Å². The molecule has 1 aliphatic rings. The Balaban J connectivity index is 1.40. The van der Waals surface area contributed by atoms with Crippen LogP contribution in [0.25, 0.3) is 0 Å². The van der Waals surface area contributed by atoms with Crippen LogP contribution in [0.4, 0.5) is 5.69 Å². The van der Waals surface area contributed by atoms with Crippen LogP contribution in [-0.4, -0.2) is 69.7 Å². The fraction of sp³-hybridized carbons (Fsp3) is 0.480. The highest BCUT2D eigenvalue weighted by molar-refractivity contribution is 5.80. The first-order valence-corrected chi connectivity index (χ1v) is 11.1. The van der Waals surface area contributed by atoms with E-state index >= 15 is 0 Å². The summed E-state index contributed by atoms with van der Waals surface area (Å²) in [7, 11) is 5.43. The molecule has 6 heteroatoms. The summed E-state index contributed by atoms with van der Waals surface area (Å²) in [6.07, 6.45) is 3.35. The second-order valence-electron chi connectivity index (χ2n) is 8.09. The lowest BCUT2D eigenvalue weighted by Crippen LogP contribution is -2.35. The Morgan fingerprint density at radius 3 is 2.39 bits per heavy atom. The van der Waals surface area contributed by atoms with Gasteiger partial charge in [0.2, 0.25) is 5.91 Å². The molecule has 0 aromatic heterocycles. The van der Waals surface area contributed by atoms with Crippen LogP contribution < -0.4 is 14.8 Å². The molecule has 0 radical (unpaired) electrons. The van der Waals surface area contributed by atoms with E-state index in [-0.39, 0.29) is 5.91 Å². The Bertz CT molecular complexity index is 841. The Morgan fingerprint density at radius 1 is 1.00 bits per heavy atom. The quantitative estimate of drug-likeness (QED) is 0.559. The number of hydrogen-bond donors (Lipinski definition) is 1. The van der Waals surface area contributed by atoms with E-state index in [1.165, 1.54) is 11.3 Å². The molecule has 1 amide bonds. The van der Waals surface area contributed by atoms with Crippen molar-refractivity contribution in [1.82, 2.24) is 9.80 Å². The lowest BCUT2D eigenvalue weighted by Gasteiger charge is -2.23. The van der Waals surface area contributed by atoms with E-state index in [4.69, 9.17) is 9.47 Å². The topological polar surface area (TPSA) is 54.0 Å². The predicted molar refractivity (Wildman–Crippen MR) is 125 cm³/mol. The highest BCUT2D eigenvalue weighted by Crippen LogP contribution is 2.32. The molecule has 31 heavy (non-hydrogen) atoms. The molecule has 2 aromatic rings. The van der Waals surface area contributed by atoms with E-state index in [0.29, 0.717) is 12.2 Å². The molecule has 0 bridgehead atoms. The minimum atomic E-state index is 0.195. The van der Waals surface area contributed by atoms with E-state index < -0.39 is 0 Å². The highest BCUT2D eigenvalue weighted by Gasteiger charge is 2.22. The molecule has 6 nitrogen and oxygen atoms in total. The number of rotatable bonds is 11. The largest absolute Gasteiger partial charge is 0.493 e. The maximum atomic E-state index is 12.8. The van der Waals surface area contributed by atoms with Gasteiger partial charge in [0.25, 0.3) is 0 Å². The molecule has 0 unspecified atom stereocenters. The molecule has 0 spiro atoms. The molecule has 1 aliphatic heterocycles. The number of fused-ring (bicyclic) bond motifs is 1. The second-order valence-corrected chi connectivity index (χ2v) is 8.09. The van der Waals surface area contributed by atoms with Crippen molar-refractivity contribution in [2.75, 3.05) is 59.3 Å². The molecule has 1 N–H and O–H groups in total. The zero-order valence-corrected chi connectivity index (χ0v) is 19.0. The number of benzene rings is 2.